The summed E-state index contributed by atoms with van der Waals surface area (Å²) < 4.78 is 37.9. The third-order valence-electron chi connectivity index (χ3n) is 5.91. The van der Waals surface area contributed by atoms with Crippen molar-refractivity contribution in [2.24, 2.45) is 0 Å². The van der Waals surface area contributed by atoms with Crippen LogP contribution in [0.3, 0.4) is 0 Å². The maximum Gasteiger partial charge on any atom is 0.287 e. The van der Waals surface area contributed by atoms with Crippen molar-refractivity contribution in [3.8, 4) is 0 Å². The summed E-state index contributed by atoms with van der Waals surface area (Å²) in [6.45, 7) is 4.07. The van der Waals surface area contributed by atoms with E-state index in [-0.39, 0.29) is 16.9 Å². The minimum Gasteiger partial charge on any atom is -0.438 e. The van der Waals surface area contributed by atoms with Gasteiger partial charge in [-0.05, 0) is 42.7 Å². The highest BCUT2D eigenvalue weighted by atomic mass is 35.5. The Morgan fingerprint density at radius 1 is 1.00 bits per heavy atom. The van der Waals surface area contributed by atoms with Gasteiger partial charge < -0.3 is 14.5 Å². The molecule has 2 fully saturated rings. The zero-order valence-electron chi connectivity index (χ0n) is 17.8. The quantitative estimate of drug-likeness (QED) is 0.653. The molecule has 0 aliphatic carbocycles. The molecule has 32 heavy (non-hydrogen) atoms. The molecule has 2 aliphatic rings. The number of piperidine rings is 1. The highest BCUT2D eigenvalue weighted by Gasteiger charge is 2.30. The lowest BCUT2D eigenvalue weighted by Gasteiger charge is -2.34. The highest BCUT2D eigenvalue weighted by Crippen LogP contribution is 2.25. The summed E-state index contributed by atoms with van der Waals surface area (Å²) in [6.07, 6.45) is 2.69. The summed E-state index contributed by atoms with van der Waals surface area (Å²) >= 11 is 6.04. The largest absolute Gasteiger partial charge is 0.438 e. The molecule has 174 valence electrons. The number of amides is 1. The predicted molar refractivity (Wildman–Crippen MR) is 120 cm³/mol. The molecule has 1 N–H and O–H groups in total. The van der Waals surface area contributed by atoms with Crippen LogP contribution in [0, 0.1) is 0 Å². The number of carbonyl (C=O) groups excluding carboxylic acids is 1. The van der Waals surface area contributed by atoms with Crippen LogP contribution in [0.25, 0.3) is 0 Å². The number of hydrogen-bond donors (Lipinski definition) is 1. The van der Waals surface area contributed by atoms with Gasteiger partial charge in [-0.1, -0.05) is 30.2 Å². The lowest BCUT2D eigenvalue weighted by molar-refractivity contribution is 0.0161. The van der Waals surface area contributed by atoms with Gasteiger partial charge in [-0.3, -0.25) is 9.69 Å². The van der Waals surface area contributed by atoms with E-state index in [9.17, 15) is 13.2 Å². The Labute approximate surface area is 193 Å². The molecule has 1 amide bonds. The molecule has 0 spiro atoms. The van der Waals surface area contributed by atoms with Gasteiger partial charge in [0.1, 0.15) is 0 Å². The Kier molecular flexibility index (Phi) is 7.52. The summed E-state index contributed by atoms with van der Waals surface area (Å²) in [4.78, 5) is 15.0. The lowest BCUT2D eigenvalue weighted by atomic mass is 10.0. The molecule has 10 heteroatoms. The fourth-order valence-corrected chi connectivity index (χ4v) is 5.68. The van der Waals surface area contributed by atoms with E-state index in [1.165, 1.54) is 16.4 Å². The second-order valence-electron chi connectivity index (χ2n) is 8.01. The third kappa shape index (κ3) is 5.35. The van der Waals surface area contributed by atoms with Crippen molar-refractivity contribution in [2.45, 2.75) is 30.4 Å². The van der Waals surface area contributed by atoms with Crippen LogP contribution in [0.1, 0.15) is 41.4 Å². The number of carbonyl (C=O) groups is 1. The minimum absolute atomic E-state index is 0.0163. The van der Waals surface area contributed by atoms with Gasteiger partial charge in [0.05, 0.1) is 19.3 Å². The van der Waals surface area contributed by atoms with Crippen LogP contribution in [0.5, 0.6) is 0 Å². The number of furan rings is 1. The van der Waals surface area contributed by atoms with Crippen LogP contribution in [0.15, 0.2) is 45.9 Å². The zero-order valence-corrected chi connectivity index (χ0v) is 19.4. The van der Waals surface area contributed by atoms with E-state index < -0.39 is 15.9 Å². The third-order valence-corrected chi connectivity index (χ3v) is 7.94. The second kappa shape index (κ2) is 10.4. The summed E-state index contributed by atoms with van der Waals surface area (Å²) in [5.74, 6) is -0.463. The van der Waals surface area contributed by atoms with E-state index in [4.69, 9.17) is 20.8 Å². The number of rotatable bonds is 7. The number of sulfonamides is 1. The maximum atomic E-state index is 12.8. The Hall–Kier alpha value is -1.91. The molecule has 1 atom stereocenters. The van der Waals surface area contributed by atoms with E-state index in [0.29, 0.717) is 37.9 Å². The number of hydrogen-bond acceptors (Lipinski definition) is 6. The molecule has 2 aliphatic heterocycles. The van der Waals surface area contributed by atoms with Crippen molar-refractivity contribution in [3.63, 3.8) is 0 Å². The molecular weight excluding hydrogens is 454 g/mol. The summed E-state index contributed by atoms with van der Waals surface area (Å²) in [6, 6.07) is 10.3. The number of ether oxygens (including phenoxy) is 1. The van der Waals surface area contributed by atoms with Gasteiger partial charge in [0.25, 0.3) is 15.9 Å². The van der Waals surface area contributed by atoms with E-state index in [0.717, 1.165) is 37.9 Å². The lowest BCUT2D eigenvalue weighted by Crippen LogP contribution is -2.43. The van der Waals surface area contributed by atoms with Crippen LogP contribution in [0.4, 0.5) is 0 Å². The maximum absolute atomic E-state index is 12.8. The Morgan fingerprint density at radius 2 is 1.69 bits per heavy atom. The second-order valence-corrected chi connectivity index (χ2v) is 10.3. The Balaban J connectivity index is 1.44. The normalized spacial score (nSPS) is 19.5. The number of nitrogens with zero attached hydrogens (tertiary/aromatic N) is 2. The van der Waals surface area contributed by atoms with Crippen molar-refractivity contribution in [2.75, 3.05) is 45.9 Å². The molecule has 0 radical (unpaired) electrons. The molecule has 1 unspecified atom stereocenters. The molecule has 2 aromatic rings. The van der Waals surface area contributed by atoms with Crippen LogP contribution < -0.4 is 5.32 Å². The monoisotopic (exact) mass is 481 g/mol. The SMILES string of the molecule is O=C(NCC(c1ccc(Cl)cc1)N1CCOCC1)c1ccc(S(=O)(=O)N2CCCCC2)o1. The Morgan fingerprint density at radius 3 is 2.38 bits per heavy atom. The number of morpholine rings is 1. The molecule has 0 saturated carbocycles. The van der Waals surface area contributed by atoms with Crippen molar-refractivity contribution < 1.29 is 22.4 Å². The first-order valence-corrected chi connectivity index (χ1v) is 12.7. The average Bonchev–Trinajstić information content (AvgIpc) is 3.33. The van der Waals surface area contributed by atoms with Gasteiger partial charge in [0, 0.05) is 37.7 Å². The van der Waals surface area contributed by atoms with Crippen LogP contribution in [0.2, 0.25) is 5.02 Å². The number of halogens is 1. The van der Waals surface area contributed by atoms with Crippen molar-refractivity contribution >= 4 is 27.5 Å². The topological polar surface area (TPSA) is 92.1 Å². The predicted octanol–water partition coefficient (Wildman–Crippen LogP) is 2.91. The van der Waals surface area contributed by atoms with Gasteiger partial charge in [-0.15, -0.1) is 0 Å². The zero-order chi connectivity index (χ0) is 22.6. The van der Waals surface area contributed by atoms with Gasteiger partial charge in [0.2, 0.25) is 5.09 Å². The highest BCUT2D eigenvalue weighted by molar-refractivity contribution is 7.89. The van der Waals surface area contributed by atoms with E-state index in [1.54, 1.807) is 0 Å². The number of benzene rings is 1. The summed E-state index contributed by atoms with van der Waals surface area (Å²) in [7, 11) is -3.72. The van der Waals surface area contributed by atoms with E-state index in [1.807, 2.05) is 24.3 Å². The summed E-state index contributed by atoms with van der Waals surface area (Å²) in [5, 5.41) is 3.36. The van der Waals surface area contributed by atoms with Crippen molar-refractivity contribution in [3.05, 3.63) is 52.7 Å². The van der Waals surface area contributed by atoms with E-state index >= 15 is 0 Å². The van der Waals surface area contributed by atoms with Crippen molar-refractivity contribution in [1.29, 1.82) is 0 Å². The van der Waals surface area contributed by atoms with Gasteiger partial charge in [-0.25, -0.2) is 8.42 Å². The fraction of sp³-hybridized carbons (Fsp3) is 0.500. The minimum atomic E-state index is -3.72. The van der Waals surface area contributed by atoms with Gasteiger partial charge in [-0.2, -0.15) is 4.31 Å². The van der Waals surface area contributed by atoms with Crippen LogP contribution in [-0.2, 0) is 14.8 Å². The molecular formula is C22H28ClN3O5S. The first-order valence-electron chi connectivity index (χ1n) is 10.9. The van der Waals surface area contributed by atoms with Crippen LogP contribution >= 0.6 is 11.6 Å². The molecule has 0 bridgehead atoms. The van der Waals surface area contributed by atoms with Gasteiger partial charge >= 0.3 is 0 Å². The molecule has 8 nitrogen and oxygen atoms in total. The molecule has 3 heterocycles. The summed E-state index contributed by atoms with van der Waals surface area (Å²) in [5.41, 5.74) is 1.03. The first-order chi connectivity index (χ1) is 15.4. The van der Waals surface area contributed by atoms with Crippen molar-refractivity contribution in [1.82, 2.24) is 14.5 Å². The molecule has 1 aromatic carbocycles. The standard InChI is InChI=1S/C22H28ClN3O5S/c23-18-6-4-17(5-7-18)19(25-12-14-30-15-13-25)16-24-22(27)20-8-9-21(31-20)32(28,29)26-10-2-1-3-11-26/h4-9,19H,1-3,10-16H2,(H,24,27). The molecule has 2 saturated heterocycles. The smallest absolute Gasteiger partial charge is 0.287 e. The van der Waals surface area contributed by atoms with Crippen LogP contribution in [-0.4, -0.2) is 69.5 Å². The first kappa shape index (κ1) is 23.3. The average molecular weight is 482 g/mol. The Bertz CT molecular complexity index is 1010. The van der Waals surface area contributed by atoms with Gasteiger partial charge in [0.15, 0.2) is 5.76 Å². The number of nitrogens with one attached hydrogen (secondary N) is 1. The van der Waals surface area contributed by atoms with E-state index in [2.05, 4.69) is 10.2 Å². The molecule has 4 rings (SSSR count). The molecule has 1 aromatic heterocycles. The fourth-order valence-electron chi connectivity index (χ4n) is 4.12.